The van der Waals surface area contributed by atoms with Crippen LogP contribution in [-0.2, 0) is 0 Å². The van der Waals surface area contributed by atoms with Gasteiger partial charge in [-0.1, -0.05) is 12.1 Å². The summed E-state index contributed by atoms with van der Waals surface area (Å²) in [7, 11) is 1.50. The second kappa shape index (κ2) is 5.41. The SMILES string of the molecule is [C-]#[N+]c1cccc(OC)c1NC(=O)NC(C)(C)C. The number of anilines is 1. The Bertz CT molecular complexity index is 484. The number of carbonyl (C=O) groups is 1. The molecule has 0 aliphatic rings. The lowest BCUT2D eigenvalue weighted by Gasteiger charge is -2.21. The van der Waals surface area contributed by atoms with Crippen molar-refractivity contribution in [2.75, 3.05) is 12.4 Å². The lowest BCUT2D eigenvalue weighted by Crippen LogP contribution is -2.43. The average molecular weight is 247 g/mol. The van der Waals surface area contributed by atoms with Crippen molar-refractivity contribution in [2.45, 2.75) is 26.3 Å². The summed E-state index contributed by atoms with van der Waals surface area (Å²) in [5.74, 6) is 0.465. The third-order valence-corrected chi connectivity index (χ3v) is 2.07. The zero-order valence-corrected chi connectivity index (χ0v) is 11.0. The molecule has 0 saturated carbocycles. The summed E-state index contributed by atoms with van der Waals surface area (Å²) in [6.45, 7) is 12.7. The van der Waals surface area contributed by atoms with Crippen LogP contribution in [0.2, 0.25) is 0 Å². The zero-order valence-electron chi connectivity index (χ0n) is 11.0. The third kappa shape index (κ3) is 3.67. The molecule has 1 aromatic carbocycles. The van der Waals surface area contributed by atoms with Crippen LogP contribution in [-0.4, -0.2) is 18.7 Å². The van der Waals surface area contributed by atoms with Crippen LogP contribution in [0.15, 0.2) is 18.2 Å². The van der Waals surface area contributed by atoms with Crippen LogP contribution in [0, 0.1) is 6.57 Å². The highest BCUT2D eigenvalue weighted by Crippen LogP contribution is 2.34. The Balaban J connectivity index is 2.97. The first kappa shape index (κ1) is 13.8. The van der Waals surface area contributed by atoms with Crippen molar-refractivity contribution < 1.29 is 9.53 Å². The molecule has 18 heavy (non-hydrogen) atoms. The normalized spacial score (nSPS) is 10.4. The van der Waals surface area contributed by atoms with Gasteiger partial charge in [-0.3, -0.25) is 0 Å². The van der Waals surface area contributed by atoms with E-state index in [2.05, 4.69) is 15.5 Å². The second-order valence-electron chi connectivity index (χ2n) is 4.80. The molecule has 96 valence electrons. The van der Waals surface area contributed by atoms with E-state index in [-0.39, 0.29) is 11.6 Å². The largest absolute Gasteiger partial charge is 0.496 e. The number of urea groups is 1. The summed E-state index contributed by atoms with van der Waals surface area (Å²) in [6, 6.07) is 4.67. The Kier molecular flexibility index (Phi) is 4.16. The van der Waals surface area contributed by atoms with E-state index >= 15 is 0 Å². The predicted molar refractivity (Wildman–Crippen MR) is 71.2 cm³/mol. The summed E-state index contributed by atoms with van der Waals surface area (Å²) in [5, 5.41) is 5.41. The van der Waals surface area contributed by atoms with Crippen molar-refractivity contribution in [3.8, 4) is 5.75 Å². The Morgan fingerprint density at radius 2 is 2.06 bits per heavy atom. The molecule has 5 nitrogen and oxygen atoms in total. The lowest BCUT2D eigenvalue weighted by atomic mass is 10.1. The van der Waals surface area contributed by atoms with Gasteiger partial charge in [0.1, 0.15) is 5.75 Å². The molecule has 0 atom stereocenters. The molecule has 5 heteroatoms. The number of ether oxygens (including phenoxy) is 1. The molecule has 0 spiro atoms. The number of nitrogens with one attached hydrogen (secondary N) is 2. The van der Waals surface area contributed by atoms with Gasteiger partial charge in [-0.05, 0) is 26.8 Å². The summed E-state index contributed by atoms with van der Waals surface area (Å²) in [6.07, 6.45) is 0. The highest BCUT2D eigenvalue weighted by molar-refractivity contribution is 5.95. The molecule has 1 rings (SSSR count). The number of hydrogen-bond acceptors (Lipinski definition) is 2. The zero-order chi connectivity index (χ0) is 13.8. The fourth-order valence-electron chi connectivity index (χ4n) is 1.39. The minimum absolute atomic E-state index is 0.343. The fourth-order valence-corrected chi connectivity index (χ4v) is 1.39. The van der Waals surface area contributed by atoms with Crippen molar-refractivity contribution in [1.29, 1.82) is 0 Å². The molecule has 0 aliphatic heterocycles. The van der Waals surface area contributed by atoms with E-state index < -0.39 is 0 Å². The van der Waals surface area contributed by atoms with E-state index in [9.17, 15) is 4.79 Å². The number of nitrogens with zero attached hydrogens (tertiary/aromatic N) is 1. The summed E-state index contributed by atoms with van der Waals surface area (Å²) in [5.41, 5.74) is 0.389. The van der Waals surface area contributed by atoms with Gasteiger partial charge < -0.3 is 15.4 Å². The highest BCUT2D eigenvalue weighted by atomic mass is 16.5. The molecular formula is C13H17N3O2. The van der Waals surface area contributed by atoms with Gasteiger partial charge in [-0.15, -0.1) is 0 Å². The molecule has 0 heterocycles. The average Bonchev–Trinajstić information content (AvgIpc) is 2.26. The monoisotopic (exact) mass is 247 g/mol. The first-order valence-electron chi connectivity index (χ1n) is 5.51. The highest BCUT2D eigenvalue weighted by Gasteiger charge is 2.16. The van der Waals surface area contributed by atoms with Crippen LogP contribution < -0.4 is 15.4 Å². The van der Waals surface area contributed by atoms with Crippen molar-refractivity contribution >= 4 is 17.4 Å². The van der Waals surface area contributed by atoms with Gasteiger partial charge in [-0.25, -0.2) is 9.64 Å². The Hall–Kier alpha value is -2.22. The number of amides is 2. The lowest BCUT2D eigenvalue weighted by molar-refractivity contribution is 0.243. The van der Waals surface area contributed by atoms with E-state index in [1.165, 1.54) is 7.11 Å². The maximum absolute atomic E-state index is 11.8. The second-order valence-corrected chi connectivity index (χ2v) is 4.80. The number of rotatable bonds is 2. The first-order valence-corrected chi connectivity index (χ1v) is 5.51. The summed E-state index contributed by atoms with van der Waals surface area (Å²) in [4.78, 5) is 15.1. The number of carbonyl (C=O) groups excluding carboxylic acids is 1. The van der Waals surface area contributed by atoms with Crippen LogP contribution in [0.25, 0.3) is 4.85 Å². The maximum atomic E-state index is 11.8. The Morgan fingerprint density at radius 1 is 1.39 bits per heavy atom. The molecular weight excluding hydrogens is 230 g/mol. The van der Waals surface area contributed by atoms with Crippen molar-refractivity contribution in [3.63, 3.8) is 0 Å². The molecule has 0 aliphatic carbocycles. The number of benzene rings is 1. The quantitative estimate of drug-likeness (QED) is 0.789. The predicted octanol–water partition coefficient (Wildman–Crippen LogP) is 3.17. The molecule has 0 bridgehead atoms. The molecule has 0 radical (unpaired) electrons. The Morgan fingerprint density at radius 3 is 2.56 bits per heavy atom. The van der Waals surface area contributed by atoms with Crippen molar-refractivity contribution in [1.82, 2.24) is 5.32 Å². The molecule has 0 aromatic heterocycles. The van der Waals surface area contributed by atoms with Crippen molar-refractivity contribution in [3.05, 3.63) is 29.6 Å². The van der Waals surface area contributed by atoms with Crippen LogP contribution in [0.5, 0.6) is 5.75 Å². The van der Waals surface area contributed by atoms with Gasteiger partial charge in [0.15, 0.2) is 0 Å². The van der Waals surface area contributed by atoms with Gasteiger partial charge in [0.2, 0.25) is 5.69 Å². The van der Waals surface area contributed by atoms with Gasteiger partial charge in [0, 0.05) is 5.54 Å². The van der Waals surface area contributed by atoms with E-state index in [0.717, 1.165) is 0 Å². The minimum Gasteiger partial charge on any atom is -0.496 e. The van der Waals surface area contributed by atoms with E-state index in [1.54, 1.807) is 18.2 Å². The van der Waals surface area contributed by atoms with Crippen LogP contribution >= 0.6 is 0 Å². The standard InChI is InChI=1S/C13H17N3O2/c1-13(2,3)16-12(17)15-11-9(14-4)7-6-8-10(11)18-5/h6-8H,1-3,5H3,(H2,15,16,17). The van der Waals surface area contributed by atoms with Gasteiger partial charge in [0.05, 0.1) is 19.4 Å². The van der Waals surface area contributed by atoms with E-state index in [4.69, 9.17) is 11.3 Å². The number of para-hydroxylation sites is 1. The van der Waals surface area contributed by atoms with Crippen LogP contribution in [0.4, 0.5) is 16.2 Å². The molecule has 2 amide bonds. The van der Waals surface area contributed by atoms with Gasteiger partial charge >= 0.3 is 6.03 Å². The first-order chi connectivity index (χ1) is 8.37. The number of methoxy groups -OCH3 is 1. The summed E-state index contributed by atoms with van der Waals surface area (Å²) >= 11 is 0. The molecule has 0 saturated heterocycles. The minimum atomic E-state index is -0.364. The molecule has 2 N–H and O–H groups in total. The smallest absolute Gasteiger partial charge is 0.318 e. The third-order valence-electron chi connectivity index (χ3n) is 2.07. The summed E-state index contributed by atoms with van der Waals surface area (Å²) < 4.78 is 5.13. The van der Waals surface area contributed by atoms with E-state index in [0.29, 0.717) is 17.1 Å². The van der Waals surface area contributed by atoms with E-state index in [1.807, 2.05) is 20.8 Å². The van der Waals surface area contributed by atoms with Crippen LogP contribution in [0.3, 0.4) is 0 Å². The number of hydrogen-bond donors (Lipinski definition) is 2. The molecule has 0 unspecified atom stereocenters. The van der Waals surface area contributed by atoms with Crippen LogP contribution in [0.1, 0.15) is 20.8 Å². The Labute approximate surface area is 107 Å². The molecule has 0 fully saturated rings. The maximum Gasteiger partial charge on any atom is 0.318 e. The van der Waals surface area contributed by atoms with Gasteiger partial charge in [-0.2, -0.15) is 0 Å². The topological polar surface area (TPSA) is 54.7 Å². The molecule has 1 aromatic rings. The fraction of sp³-hybridized carbons (Fsp3) is 0.385. The van der Waals surface area contributed by atoms with Gasteiger partial charge in [0.25, 0.3) is 0 Å². The van der Waals surface area contributed by atoms with Crippen molar-refractivity contribution in [2.24, 2.45) is 0 Å².